The Hall–Kier alpha value is -3.51. The Kier molecular flexibility index (Phi) is 6.84. The van der Waals surface area contributed by atoms with Crippen LogP contribution in [0.5, 0.6) is 5.75 Å². The summed E-state index contributed by atoms with van der Waals surface area (Å²) in [5, 5.41) is 0. The molecule has 1 amide bonds. The third kappa shape index (κ3) is 4.39. The van der Waals surface area contributed by atoms with Gasteiger partial charge in [-0.1, -0.05) is 72.4 Å². The van der Waals surface area contributed by atoms with Crippen LogP contribution in [0.3, 0.4) is 0 Å². The number of hydrogen-bond acceptors (Lipinski definition) is 5. The molecule has 5 nitrogen and oxygen atoms in total. The number of anilines is 1. The highest BCUT2D eigenvalue weighted by molar-refractivity contribution is 8.02. The van der Waals surface area contributed by atoms with Crippen LogP contribution in [0, 0.1) is 0 Å². The predicted molar refractivity (Wildman–Crippen MR) is 131 cm³/mol. The lowest BCUT2D eigenvalue weighted by molar-refractivity contribution is -0.153. The normalized spacial score (nSPS) is 19.9. The van der Waals surface area contributed by atoms with Crippen LogP contribution < -0.4 is 9.64 Å². The largest absolute Gasteiger partial charge is 0.497 e. The van der Waals surface area contributed by atoms with Crippen molar-refractivity contribution in [1.82, 2.24) is 0 Å². The zero-order chi connectivity index (χ0) is 23.3. The van der Waals surface area contributed by atoms with Gasteiger partial charge >= 0.3 is 5.97 Å². The lowest BCUT2D eigenvalue weighted by Gasteiger charge is -2.52. The van der Waals surface area contributed by atoms with Crippen molar-refractivity contribution in [3.8, 4) is 5.75 Å². The van der Waals surface area contributed by atoms with E-state index in [1.54, 1.807) is 31.1 Å². The average Bonchev–Trinajstić information content (AvgIpc) is 2.86. The number of benzene rings is 3. The molecule has 168 valence electrons. The maximum Gasteiger partial charge on any atom is 0.334 e. The lowest BCUT2D eigenvalue weighted by atomic mass is 9.84. The molecule has 2 atom stereocenters. The summed E-state index contributed by atoms with van der Waals surface area (Å²) in [5.41, 5.74) is 1.67. The number of carbonyl (C=O) groups is 2. The van der Waals surface area contributed by atoms with Gasteiger partial charge in [-0.05, 0) is 48.9 Å². The minimum Gasteiger partial charge on any atom is -0.497 e. The molecule has 0 radical (unpaired) electrons. The van der Waals surface area contributed by atoms with Crippen LogP contribution in [0.25, 0.3) is 6.08 Å². The second-order valence-electron chi connectivity index (χ2n) is 7.46. The first-order valence-corrected chi connectivity index (χ1v) is 11.5. The van der Waals surface area contributed by atoms with Gasteiger partial charge in [0, 0.05) is 10.6 Å². The van der Waals surface area contributed by atoms with Crippen LogP contribution in [0.4, 0.5) is 5.69 Å². The number of amides is 1. The summed E-state index contributed by atoms with van der Waals surface area (Å²) in [4.78, 5) is 29.5. The quantitative estimate of drug-likeness (QED) is 0.263. The number of ether oxygens (including phenoxy) is 2. The SMILES string of the molecule is CCOC(=O)[C@@]1(Sc2ccccc2)C(=O)N(c2ccc(OC)cc2)[C@H]1/C=C/c1ccccc1. The fourth-order valence-electron chi connectivity index (χ4n) is 3.82. The number of thioether (sulfide) groups is 1. The zero-order valence-corrected chi connectivity index (χ0v) is 19.3. The van der Waals surface area contributed by atoms with Crippen molar-refractivity contribution < 1.29 is 19.1 Å². The Morgan fingerprint density at radius 2 is 1.64 bits per heavy atom. The molecule has 1 saturated heterocycles. The van der Waals surface area contributed by atoms with Crippen LogP contribution in [0.2, 0.25) is 0 Å². The summed E-state index contributed by atoms with van der Waals surface area (Å²) in [6, 6.07) is 26.0. The van der Waals surface area contributed by atoms with Crippen molar-refractivity contribution in [2.75, 3.05) is 18.6 Å². The van der Waals surface area contributed by atoms with Gasteiger partial charge in [0.25, 0.3) is 5.91 Å². The molecule has 1 aliphatic rings. The van der Waals surface area contributed by atoms with Crippen molar-refractivity contribution in [2.45, 2.75) is 22.6 Å². The van der Waals surface area contributed by atoms with Gasteiger partial charge in [-0.25, -0.2) is 4.79 Å². The van der Waals surface area contributed by atoms with Gasteiger partial charge < -0.3 is 14.4 Å². The Morgan fingerprint density at radius 3 is 2.24 bits per heavy atom. The second-order valence-corrected chi connectivity index (χ2v) is 8.78. The number of carbonyl (C=O) groups excluding carboxylic acids is 2. The van der Waals surface area contributed by atoms with E-state index < -0.39 is 16.8 Å². The van der Waals surface area contributed by atoms with E-state index in [-0.39, 0.29) is 12.5 Å². The molecule has 0 N–H and O–H groups in total. The van der Waals surface area contributed by atoms with E-state index in [4.69, 9.17) is 9.47 Å². The molecular weight excluding hydrogens is 434 g/mol. The molecule has 0 aromatic heterocycles. The number of nitrogens with zero attached hydrogens (tertiary/aromatic N) is 1. The fourth-order valence-corrected chi connectivity index (χ4v) is 5.12. The molecule has 0 bridgehead atoms. The molecule has 6 heteroatoms. The van der Waals surface area contributed by atoms with Crippen molar-refractivity contribution in [1.29, 1.82) is 0 Å². The molecule has 0 spiro atoms. The zero-order valence-electron chi connectivity index (χ0n) is 18.5. The van der Waals surface area contributed by atoms with Crippen molar-refractivity contribution >= 4 is 35.4 Å². The molecule has 33 heavy (non-hydrogen) atoms. The van der Waals surface area contributed by atoms with Gasteiger partial charge in [-0.3, -0.25) is 4.79 Å². The van der Waals surface area contributed by atoms with Gasteiger partial charge in [0.05, 0.1) is 19.8 Å². The van der Waals surface area contributed by atoms with Gasteiger partial charge in [-0.2, -0.15) is 0 Å². The molecule has 1 heterocycles. The molecule has 3 aromatic rings. The van der Waals surface area contributed by atoms with Crippen LogP contribution in [-0.2, 0) is 14.3 Å². The Morgan fingerprint density at radius 1 is 1.00 bits per heavy atom. The van der Waals surface area contributed by atoms with Crippen LogP contribution >= 0.6 is 11.8 Å². The minimum atomic E-state index is -1.41. The molecule has 4 rings (SSSR count). The molecule has 1 aliphatic heterocycles. The Labute approximate surface area is 198 Å². The Bertz CT molecular complexity index is 1130. The summed E-state index contributed by atoms with van der Waals surface area (Å²) in [5.74, 6) is -0.141. The summed E-state index contributed by atoms with van der Waals surface area (Å²) < 4.78 is 9.27. The topological polar surface area (TPSA) is 55.8 Å². The van der Waals surface area contributed by atoms with Crippen molar-refractivity contribution in [3.05, 3.63) is 96.6 Å². The van der Waals surface area contributed by atoms with E-state index in [1.807, 2.05) is 84.9 Å². The highest BCUT2D eigenvalue weighted by Gasteiger charge is 2.67. The van der Waals surface area contributed by atoms with E-state index in [1.165, 1.54) is 11.8 Å². The molecule has 1 fully saturated rings. The van der Waals surface area contributed by atoms with Gasteiger partial charge in [-0.15, -0.1) is 0 Å². The maximum absolute atomic E-state index is 13.7. The third-order valence-corrected chi connectivity index (χ3v) is 6.87. The molecule has 0 saturated carbocycles. The average molecular weight is 460 g/mol. The standard InChI is InChI=1S/C27H25NO4S/c1-3-32-26(30)27(33-23-12-8-5-9-13-23)24(19-14-20-10-6-4-7-11-20)28(25(27)29)21-15-17-22(31-2)18-16-21/h4-19,24H,3H2,1-2H3/b19-14+/t24-,27-/m0/s1. The number of hydrogen-bond donors (Lipinski definition) is 0. The molecule has 3 aromatic carbocycles. The van der Waals surface area contributed by atoms with E-state index in [0.29, 0.717) is 11.4 Å². The van der Waals surface area contributed by atoms with Crippen molar-refractivity contribution in [3.63, 3.8) is 0 Å². The van der Waals surface area contributed by atoms with Gasteiger partial charge in [0.15, 0.2) is 0 Å². The molecule has 0 aliphatic carbocycles. The Balaban J connectivity index is 1.78. The first-order chi connectivity index (χ1) is 16.1. The number of rotatable bonds is 8. The first kappa shape index (κ1) is 22.7. The molecule has 0 unspecified atom stereocenters. The number of esters is 1. The summed E-state index contributed by atoms with van der Waals surface area (Å²) >= 11 is 1.24. The maximum atomic E-state index is 13.7. The fraction of sp³-hybridized carbons (Fsp3) is 0.185. The summed E-state index contributed by atoms with van der Waals surface area (Å²) in [6.07, 6.45) is 3.85. The highest BCUT2D eigenvalue weighted by atomic mass is 32.2. The monoisotopic (exact) mass is 459 g/mol. The summed E-state index contributed by atoms with van der Waals surface area (Å²) in [7, 11) is 1.59. The predicted octanol–water partition coefficient (Wildman–Crippen LogP) is 5.22. The smallest absolute Gasteiger partial charge is 0.334 e. The number of methoxy groups -OCH3 is 1. The van der Waals surface area contributed by atoms with E-state index >= 15 is 0 Å². The lowest BCUT2D eigenvalue weighted by Crippen LogP contribution is -2.75. The second kappa shape index (κ2) is 9.96. The van der Waals surface area contributed by atoms with E-state index in [0.717, 1.165) is 10.5 Å². The van der Waals surface area contributed by atoms with E-state index in [2.05, 4.69) is 0 Å². The minimum absolute atomic E-state index is 0.195. The molecular formula is C27H25NO4S. The third-order valence-electron chi connectivity index (χ3n) is 5.45. The van der Waals surface area contributed by atoms with Crippen LogP contribution in [0.15, 0.2) is 95.9 Å². The highest BCUT2D eigenvalue weighted by Crippen LogP contribution is 2.50. The number of β-lactam (4-membered cyclic amide) rings is 1. The van der Waals surface area contributed by atoms with Crippen LogP contribution in [-0.4, -0.2) is 36.4 Å². The van der Waals surface area contributed by atoms with E-state index in [9.17, 15) is 9.59 Å². The van der Waals surface area contributed by atoms with Gasteiger partial charge in [0.2, 0.25) is 4.75 Å². The summed E-state index contributed by atoms with van der Waals surface area (Å²) in [6.45, 7) is 1.94. The van der Waals surface area contributed by atoms with Crippen LogP contribution in [0.1, 0.15) is 12.5 Å². The van der Waals surface area contributed by atoms with Gasteiger partial charge in [0.1, 0.15) is 5.75 Å². The van der Waals surface area contributed by atoms with Crippen molar-refractivity contribution in [2.24, 2.45) is 0 Å². The first-order valence-electron chi connectivity index (χ1n) is 10.7.